The van der Waals surface area contributed by atoms with E-state index in [1.807, 2.05) is 43.3 Å². The van der Waals surface area contributed by atoms with Gasteiger partial charge in [-0.15, -0.1) is 5.73 Å². The molecule has 4 N–H and O–H groups in total. The van der Waals surface area contributed by atoms with Crippen molar-refractivity contribution in [2.45, 2.75) is 4.90 Å². The monoisotopic (exact) mass is 456 g/mol. The highest BCUT2D eigenvalue weighted by molar-refractivity contribution is 7.86. The van der Waals surface area contributed by atoms with Gasteiger partial charge in [0.25, 0.3) is 5.56 Å². The average Bonchev–Trinajstić information content (AvgIpc) is 3.11. The highest BCUT2D eigenvalue weighted by Crippen LogP contribution is 2.16. The lowest BCUT2D eigenvalue weighted by atomic mass is 10.2. The molecule has 0 aliphatic rings. The molecule has 0 saturated heterocycles. The maximum atomic E-state index is 12.8. The van der Waals surface area contributed by atoms with Crippen molar-refractivity contribution in [2.75, 3.05) is 19.0 Å². The van der Waals surface area contributed by atoms with E-state index in [-0.39, 0.29) is 21.8 Å². The highest BCUT2D eigenvalue weighted by atomic mass is 32.2. The van der Waals surface area contributed by atoms with Crippen LogP contribution in [0, 0.1) is 0 Å². The minimum atomic E-state index is -4.11. The molecule has 10 nitrogen and oxygen atoms in total. The molecule has 0 fully saturated rings. The van der Waals surface area contributed by atoms with Crippen molar-refractivity contribution >= 4 is 33.9 Å². The Labute approximate surface area is 183 Å². The molecule has 3 aromatic rings. The number of anilines is 1. The Morgan fingerprint density at radius 2 is 1.75 bits per heavy atom. The molecule has 0 unspecified atom stereocenters. The van der Waals surface area contributed by atoms with Gasteiger partial charge in [-0.3, -0.25) is 9.89 Å². The van der Waals surface area contributed by atoms with E-state index in [1.165, 1.54) is 30.3 Å². The quantitative estimate of drug-likeness (QED) is 0.360. The van der Waals surface area contributed by atoms with Crippen molar-refractivity contribution in [1.82, 2.24) is 9.78 Å². The van der Waals surface area contributed by atoms with Gasteiger partial charge in [0.1, 0.15) is 0 Å². The Balaban J connectivity index is 1.98. The van der Waals surface area contributed by atoms with Crippen LogP contribution >= 0.6 is 0 Å². The fraction of sp³-hybridized carbons (Fsp3) is 0.0952. The summed E-state index contributed by atoms with van der Waals surface area (Å²) in [6.45, 7) is 0. The molecule has 0 bridgehead atoms. The zero-order valence-corrected chi connectivity index (χ0v) is 18.0. The van der Waals surface area contributed by atoms with E-state index in [0.29, 0.717) is 0 Å². The maximum absolute atomic E-state index is 12.8. The van der Waals surface area contributed by atoms with Gasteiger partial charge in [-0.1, -0.05) is 12.1 Å². The second-order valence-corrected chi connectivity index (χ2v) is 8.40. The van der Waals surface area contributed by atoms with Crippen LogP contribution in [0.15, 0.2) is 64.0 Å². The van der Waals surface area contributed by atoms with Crippen molar-refractivity contribution < 1.29 is 22.6 Å². The predicted octanol–water partition coefficient (Wildman–Crippen LogP) is 1.83. The third-order valence-corrected chi connectivity index (χ3v) is 5.64. The van der Waals surface area contributed by atoms with Crippen molar-refractivity contribution in [3.8, 4) is 5.69 Å². The van der Waals surface area contributed by atoms with Gasteiger partial charge in [-0.05, 0) is 54.1 Å². The van der Waals surface area contributed by atoms with Gasteiger partial charge in [-0.2, -0.15) is 18.6 Å². The third-order valence-electron chi connectivity index (χ3n) is 4.54. The normalized spacial score (nSPS) is 11.0. The highest BCUT2D eigenvalue weighted by Gasteiger charge is 2.19. The molecule has 0 spiro atoms. The van der Waals surface area contributed by atoms with Gasteiger partial charge in [0.15, 0.2) is 5.69 Å². The van der Waals surface area contributed by atoms with E-state index in [1.54, 1.807) is 6.08 Å². The summed E-state index contributed by atoms with van der Waals surface area (Å²) in [7, 11) is -0.258. The number of hydrogen-bond donors (Lipinski definition) is 3. The second kappa shape index (κ2) is 9.08. The van der Waals surface area contributed by atoms with Gasteiger partial charge in [0, 0.05) is 19.8 Å². The summed E-state index contributed by atoms with van der Waals surface area (Å²) in [6.07, 6.45) is 2.90. The van der Waals surface area contributed by atoms with E-state index < -0.39 is 21.6 Å². The molecule has 0 aliphatic carbocycles. The predicted molar refractivity (Wildman–Crippen MR) is 119 cm³/mol. The summed E-state index contributed by atoms with van der Waals surface area (Å²) in [6, 6.07) is 12.5. The lowest BCUT2D eigenvalue weighted by Gasteiger charge is -2.11. The number of carboxylic acid groups (broad SMARTS) is 1. The van der Waals surface area contributed by atoms with Crippen LogP contribution in [0.5, 0.6) is 0 Å². The molecular formula is C21H20N4O6S. The number of nitrogens with zero attached hydrogens (tertiary/aromatic N) is 2. The topological polar surface area (TPSA) is 148 Å². The van der Waals surface area contributed by atoms with Gasteiger partial charge < -0.3 is 10.0 Å². The first kappa shape index (κ1) is 22.8. The summed E-state index contributed by atoms with van der Waals surface area (Å²) in [4.78, 5) is 26.2. The number of H-pyrrole nitrogens is 1. The lowest BCUT2D eigenvalue weighted by molar-refractivity contribution is 0.0689. The minimum Gasteiger partial charge on any atom is -0.477 e. The molecule has 0 amide bonds. The Morgan fingerprint density at radius 1 is 1.12 bits per heavy atom. The molecule has 166 valence electrons. The molecule has 3 rings (SSSR count). The number of aromatic amines is 1. The van der Waals surface area contributed by atoms with Crippen molar-refractivity contribution in [3.05, 3.63) is 81.4 Å². The number of carboxylic acids is 1. The molecule has 0 radical (unpaired) electrons. The number of nitrogens with one attached hydrogen (secondary N) is 1. The van der Waals surface area contributed by atoms with E-state index in [0.717, 1.165) is 15.9 Å². The second-order valence-electron chi connectivity index (χ2n) is 6.83. The van der Waals surface area contributed by atoms with Crippen LogP contribution in [0.2, 0.25) is 0 Å². The van der Waals surface area contributed by atoms with Crippen molar-refractivity contribution in [2.24, 2.45) is 5.90 Å². The van der Waals surface area contributed by atoms with E-state index in [2.05, 4.69) is 15.1 Å². The van der Waals surface area contributed by atoms with E-state index in [9.17, 15) is 23.1 Å². The van der Waals surface area contributed by atoms with Crippen molar-refractivity contribution in [1.29, 1.82) is 0 Å². The number of nitrogens with two attached hydrogens (primary N) is 1. The van der Waals surface area contributed by atoms with Crippen LogP contribution in [0.25, 0.3) is 17.8 Å². The summed E-state index contributed by atoms with van der Waals surface area (Å²) >= 11 is 0. The zero-order chi connectivity index (χ0) is 23.5. The summed E-state index contributed by atoms with van der Waals surface area (Å²) in [5.74, 6) is 3.41. The van der Waals surface area contributed by atoms with Gasteiger partial charge in [-0.25, -0.2) is 9.48 Å². The fourth-order valence-electron chi connectivity index (χ4n) is 2.84. The number of rotatable bonds is 7. The van der Waals surface area contributed by atoms with Crippen LogP contribution in [-0.4, -0.2) is 43.4 Å². The Bertz CT molecular complexity index is 1360. The van der Waals surface area contributed by atoms with Gasteiger partial charge >= 0.3 is 16.1 Å². The molecule has 0 aliphatic heterocycles. The number of carbonyl (C=O) groups is 1. The first-order valence-electron chi connectivity index (χ1n) is 9.16. The van der Waals surface area contributed by atoms with E-state index in [4.69, 9.17) is 5.90 Å². The van der Waals surface area contributed by atoms with Crippen LogP contribution < -0.4 is 16.4 Å². The lowest BCUT2D eigenvalue weighted by Crippen LogP contribution is -2.16. The van der Waals surface area contributed by atoms with Crippen LogP contribution in [0.4, 0.5) is 5.69 Å². The molecule has 11 heteroatoms. The van der Waals surface area contributed by atoms with E-state index >= 15 is 0 Å². The molecule has 32 heavy (non-hydrogen) atoms. The molecule has 2 aromatic carbocycles. The number of benzene rings is 2. The van der Waals surface area contributed by atoms with Crippen LogP contribution in [0.1, 0.15) is 21.6 Å². The summed E-state index contributed by atoms with van der Waals surface area (Å²) in [5.41, 5.74) is 3.80. The maximum Gasteiger partial charge on any atom is 0.354 e. The Morgan fingerprint density at radius 3 is 2.28 bits per heavy atom. The number of aromatic carboxylic acids is 1. The first-order valence-corrected chi connectivity index (χ1v) is 10.6. The Hall–Kier alpha value is -3.89. The van der Waals surface area contributed by atoms with Crippen LogP contribution in [-0.2, 0) is 14.4 Å². The fourth-order valence-corrected chi connectivity index (χ4v) is 3.42. The largest absolute Gasteiger partial charge is 0.477 e. The molecule has 1 heterocycles. The summed E-state index contributed by atoms with van der Waals surface area (Å²) < 4.78 is 28.2. The average molecular weight is 456 g/mol. The molecular weight excluding hydrogens is 436 g/mol. The number of aromatic nitrogens is 2. The standard InChI is InChI=1S/C21H20N4O6S/c1-24(2)15-8-6-14(7-9-15)4-3-5-18-19(21(27)28)23-25(20(18)26)16-10-12-17(13-11-16)32(29,30)31-22/h4-13,23H,22H2,1-2H3,(H,27,28). The first-order chi connectivity index (χ1) is 15.1. The van der Waals surface area contributed by atoms with Gasteiger partial charge in [0.05, 0.1) is 16.1 Å². The number of hydrogen-bond acceptors (Lipinski definition) is 7. The Kier molecular flexibility index (Phi) is 6.47. The zero-order valence-electron chi connectivity index (χ0n) is 17.1. The SMILES string of the molecule is CN(C)c1ccc(C=C=Cc2c(C(=O)O)[nH]n(-c3ccc(S(=O)(=O)ON)cc3)c2=O)cc1. The van der Waals surface area contributed by atoms with Crippen LogP contribution in [0.3, 0.4) is 0 Å². The molecule has 0 saturated carbocycles. The third kappa shape index (κ3) is 4.71. The minimum absolute atomic E-state index is 0.111. The summed E-state index contributed by atoms with van der Waals surface area (Å²) in [5, 5.41) is 12.0. The molecule has 1 aromatic heterocycles. The smallest absolute Gasteiger partial charge is 0.354 e. The molecule has 0 atom stereocenters. The van der Waals surface area contributed by atoms with Gasteiger partial charge in [0.2, 0.25) is 0 Å². The van der Waals surface area contributed by atoms with Crippen molar-refractivity contribution in [3.63, 3.8) is 0 Å².